The molecule has 1 nitrogen and oxygen atoms in total. The molecule has 0 saturated heterocycles. The molecule has 0 heterocycles. The first-order chi connectivity index (χ1) is 7.51. The fourth-order valence-corrected chi connectivity index (χ4v) is 2.44. The second-order valence-electron chi connectivity index (χ2n) is 5.24. The Balaban J connectivity index is 2.42. The molecule has 0 saturated carbocycles. The number of hydrogen-bond acceptors (Lipinski definition) is 1. The van der Waals surface area contributed by atoms with Crippen LogP contribution in [0, 0.1) is 5.41 Å². The minimum atomic E-state index is -0.277. The van der Waals surface area contributed by atoms with Crippen LogP contribution in [0.1, 0.15) is 38.7 Å². The van der Waals surface area contributed by atoms with Crippen molar-refractivity contribution in [1.29, 1.82) is 0 Å². The number of carbonyl (C=O) groups excluding carboxylic acids is 1. The van der Waals surface area contributed by atoms with Crippen LogP contribution in [0.3, 0.4) is 0 Å². The molecule has 0 fully saturated rings. The summed E-state index contributed by atoms with van der Waals surface area (Å²) in [5.41, 5.74) is 2.19. The third-order valence-electron chi connectivity index (χ3n) is 3.61. The molecule has 84 valence electrons. The van der Waals surface area contributed by atoms with Gasteiger partial charge >= 0.3 is 0 Å². The van der Waals surface area contributed by atoms with Gasteiger partial charge in [-0.1, -0.05) is 49.8 Å². The molecule has 16 heavy (non-hydrogen) atoms. The largest absolute Gasteiger partial charge is 0.294 e. The van der Waals surface area contributed by atoms with Crippen LogP contribution >= 0.6 is 0 Å². The molecule has 1 aliphatic carbocycles. The van der Waals surface area contributed by atoms with Crippen LogP contribution in [0.4, 0.5) is 0 Å². The normalized spacial score (nSPS) is 24.1. The van der Waals surface area contributed by atoms with Gasteiger partial charge in [0.1, 0.15) is 0 Å². The van der Waals surface area contributed by atoms with Crippen LogP contribution in [0.5, 0.6) is 0 Å². The van der Waals surface area contributed by atoms with Crippen LogP contribution in [0.15, 0.2) is 42.0 Å². The van der Waals surface area contributed by atoms with Crippen molar-refractivity contribution < 1.29 is 4.79 Å². The second-order valence-corrected chi connectivity index (χ2v) is 5.24. The predicted molar refractivity (Wildman–Crippen MR) is 66.3 cm³/mol. The lowest BCUT2D eigenvalue weighted by Gasteiger charge is -2.36. The highest BCUT2D eigenvalue weighted by Gasteiger charge is 2.39. The Morgan fingerprint density at radius 2 is 1.81 bits per heavy atom. The molecule has 1 aliphatic rings. The molecule has 1 unspecified atom stereocenters. The van der Waals surface area contributed by atoms with E-state index < -0.39 is 0 Å². The molecular formula is C15H18O. The van der Waals surface area contributed by atoms with Crippen molar-refractivity contribution in [3.8, 4) is 0 Å². The zero-order chi connectivity index (χ0) is 11.8. The van der Waals surface area contributed by atoms with Crippen LogP contribution in [-0.2, 0) is 4.79 Å². The number of carbonyl (C=O) groups is 1. The molecule has 0 spiro atoms. The maximum atomic E-state index is 12.0. The van der Waals surface area contributed by atoms with Crippen LogP contribution < -0.4 is 0 Å². The zero-order valence-corrected chi connectivity index (χ0v) is 10.2. The van der Waals surface area contributed by atoms with Gasteiger partial charge in [0.05, 0.1) is 0 Å². The van der Waals surface area contributed by atoms with E-state index >= 15 is 0 Å². The molecule has 1 atom stereocenters. The Kier molecular flexibility index (Phi) is 2.71. The van der Waals surface area contributed by atoms with E-state index in [0.717, 1.165) is 6.42 Å². The second kappa shape index (κ2) is 3.89. The third kappa shape index (κ3) is 1.82. The van der Waals surface area contributed by atoms with Crippen molar-refractivity contribution in [3.63, 3.8) is 0 Å². The fraction of sp³-hybridized carbons (Fsp3) is 0.400. The average molecular weight is 214 g/mol. The van der Waals surface area contributed by atoms with Gasteiger partial charge in [0.15, 0.2) is 5.78 Å². The Morgan fingerprint density at radius 1 is 1.19 bits per heavy atom. The standard InChI is InChI=1S/C15H18O/c1-11-9-13(12-7-5-4-6-8-12)15(2,3)14(16)10-11/h4-8,10,13H,9H2,1-3H3. The molecule has 0 N–H and O–H groups in total. The van der Waals surface area contributed by atoms with Crippen LogP contribution in [-0.4, -0.2) is 5.78 Å². The molecule has 1 aromatic carbocycles. The number of ketones is 1. The highest BCUT2D eigenvalue weighted by atomic mass is 16.1. The summed E-state index contributed by atoms with van der Waals surface area (Å²) in [7, 11) is 0. The average Bonchev–Trinajstić information content (AvgIpc) is 2.25. The molecule has 0 bridgehead atoms. The lowest BCUT2D eigenvalue weighted by Crippen LogP contribution is -2.33. The minimum Gasteiger partial charge on any atom is -0.294 e. The van der Waals surface area contributed by atoms with E-state index in [4.69, 9.17) is 0 Å². The van der Waals surface area contributed by atoms with E-state index in [1.165, 1.54) is 11.1 Å². The first-order valence-electron chi connectivity index (χ1n) is 5.78. The summed E-state index contributed by atoms with van der Waals surface area (Å²) >= 11 is 0. The molecule has 0 aromatic heterocycles. The van der Waals surface area contributed by atoms with E-state index in [1.807, 2.05) is 25.1 Å². The Labute approximate surface area is 97.2 Å². The van der Waals surface area contributed by atoms with Gasteiger partial charge in [-0.2, -0.15) is 0 Å². The molecule has 0 radical (unpaired) electrons. The number of rotatable bonds is 1. The molecule has 0 amide bonds. The van der Waals surface area contributed by atoms with Gasteiger partial charge in [-0.05, 0) is 30.9 Å². The summed E-state index contributed by atoms with van der Waals surface area (Å²) in [6.07, 6.45) is 2.79. The maximum Gasteiger partial charge on any atom is 0.161 e. The van der Waals surface area contributed by atoms with Crippen molar-refractivity contribution in [2.24, 2.45) is 5.41 Å². The smallest absolute Gasteiger partial charge is 0.161 e. The lowest BCUT2D eigenvalue weighted by atomic mass is 9.66. The number of allylic oxidation sites excluding steroid dienone is 2. The van der Waals surface area contributed by atoms with E-state index in [0.29, 0.717) is 5.92 Å². The molecule has 0 aliphatic heterocycles. The highest BCUT2D eigenvalue weighted by Crippen LogP contribution is 2.44. The summed E-state index contributed by atoms with van der Waals surface area (Å²) in [6, 6.07) is 10.4. The quantitative estimate of drug-likeness (QED) is 0.696. The van der Waals surface area contributed by atoms with E-state index in [2.05, 4.69) is 26.0 Å². The Hall–Kier alpha value is -1.37. The number of hydrogen-bond donors (Lipinski definition) is 0. The van der Waals surface area contributed by atoms with Gasteiger partial charge in [-0.15, -0.1) is 0 Å². The summed E-state index contributed by atoms with van der Waals surface area (Å²) in [6.45, 7) is 6.15. The Bertz CT molecular complexity index is 426. The van der Waals surface area contributed by atoms with Crippen molar-refractivity contribution in [2.45, 2.75) is 33.1 Å². The highest BCUT2D eigenvalue weighted by molar-refractivity contribution is 5.96. The predicted octanol–water partition coefficient (Wildman–Crippen LogP) is 3.72. The maximum absolute atomic E-state index is 12.0. The van der Waals surface area contributed by atoms with Crippen molar-refractivity contribution >= 4 is 5.78 Å². The first-order valence-corrected chi connectivity index (χ1v) is 5.78. The SMILES string of the molecule is CC1=CC(=O)C(C)(C)C(c2ccccc2)C1. The molecular weight excluding hydrogens is 196 g/mol. The lowest BCUT2D eigenvalue weighted by molar-refractivity contribution is -0.124. The Morgan fingerprint density at radius 3 is 2.44 bits per heavy atom. The minimum absolute atomic E-state index is 0.255. The van der Waals surface area contributed by atoms with E-state index in [9.17, 15) is 4.79 Å². The van der Waals surface area contributed by atoms with E-state index in [-0.39, 0.29) is 11.2 Å². The molecule has 2 rings (SSSR count). The van der Waals surface area contributed by atoms with E-state index in [1.54, 1.807) is 6.08 Å². The van der Waals surface area contributed by atoms with Gasteiger partial charge in [-0.3, -0.25) is 4.79 Å². The summed E-state index contributed by atoms with van der Waals surface area (Å²) in [5.74, 6) is 0.566. The van der Waals surface area contributed by atoms with Gasteiger partial charge in [0.2, 0.25) is 0 Å². The molecule has 1 aromatic rings. The van der Waals surface area contributed by atoms with Crippen molar-refractivity contribution in [2.75, 3.05) is 0 Å². The third-order valence-corrected chi connectivity index (χ3v) is 3.61. The summed E-state index contributed by atoms with van der Waals surface area (Å²) < 4.78 is 0. The van der Waals surface area contributed by atoms with Crippen LogP contribution in [0.2, 0.25) is 0 Å². The van der Waals surface area contributed by atoms with Crippen LogP contribution in [0.25, 0.3) is 0 Å². The first kappa shape index (κ1) is 11.1. The van der Waals surface area contributed by atoms with Crippen molar-refractivity contribution in [1.82, 2.24) is 0 Å². The summed E-state index contributed by atoms with van der Waals surface area (Å²) in [5, 5.41) is 0. The van der Waals surface area contributed by atoms with Gasteiger partial charge < -0.3 is 0 Å². The van der Waals surface area contributed by atoms with Crippen molar-refractivity contribution in [3.05, 3.63) is 47.5 Å². The summed E-state index contributed by atoms with van der Waals surface area (Å²) in [4.78, 5) is 12.0. The zero-order valence-electron chi connectivity index (χ0n) is 10.2. The number of benzene rings is 1. The van der Waals surface area contributed by atoms with Gasteiger partial charge in [-0.25, -0.2) is 0 Å². The monoisotopic (exact) mass is 214 g/mol. The molecule has 1 heteroatoms. The van der Waals surface area contributed by atoms with Gasteiger partial charge in [0, 0.05) is 5.41 Å². The fourth-order valence-electron chi connectivity index (χ4n) is 2.44. The van der Waals surface area contributed by atoms with Gasteiger partial charge in [0.25, 0.3) is 0 Å². The topological polar surface area (TPSA) is 17.1 Å².